The van der Waals surface area contributed by atoms with Crippen LogP contribution < -0.4 is 0 Å². The van der Waals surface area contributed by atoms with Crippen LogP contribution in [0.1, 0.15) is 40.3 Å². The average molecular weight is 461 g/mol. The summed E-state index contributed by atoms with van der Waals surface area (Å²) in [6.07, 6.45) is -3.43. The van der Waals surface area contributed by atoms with E-state index in [0.717, 1.165) is 21.9 Å². The molecule has 0 spiro atoms. The highest BCUT2D eigenvalue weighted by atomic mass is 19.3. The van der Waals surface area contributed by atoms with E-state index >= 15 is 0 Å². The van der Waals surface area contributed by atoms with E-state index in [9.17, 15) is 23.1 Å². The highest BCUT2D eigenvalue weighted by Crippen LogP contribution is 2.33. The monoisotopic (exact) mass is 461 g/mol. The number of piperazine rings is 1. The molecule has 7 nitrogen and oxygen atoms in total. The number of aromatic nitrogens is 3. The highest BCUT2D eigenvalue weighted by Gasteiger charge is 2.32. The van der Waals surface area contributed by atoms with E-state index in [4.69, 9.17) is 0 Å². The van der Waals surface area contributed by atoms with Gasteiger partial charge in [0, 0.05) is 49.7 Å². The predicted molar refractivity (Wildman–Crippen MR) is 117 cm³/mol. The zero-order valence-electron chi connectivity index (χ0n) is 18.7. The Bertz CT molecular complexity index is 1160. The van der Waals surface area contributed by atoms with Gasteiger partial charge in [0.2, 0.25) is 6.30 Å². The fraction of sp³-hybridized carbons (Fsp3) is 0.435. The Balaban J connectivity index is 1.73. The van der Waals surface area contributed by atoms with Crippen molar-refractivity contribution in [2.75, 3.05) is 26.2 Å². The summed E-state index contributed by atoms with van der Waals surface area (Å²) in [7, 11) is 0. The Labute approximate surface area is 189 Å². The number of hydrogen-bond donors (Lipinski definition) is 1. The van der Waals surface area contributed by atoms with Crippen LogP contribution in [0.3, 0.4) is 0 Å². The SMILES string of the molecule is Cc1ccc(-c2ccn3c(C(C)N4CCN(C(F)C(F)F)CC4)c(C)c(C(=O)O)cc23)nn1. The van der Waals surface area contributed by atoms with Crippen molar-refractivity contribution in [3.63, 3.8) is 0 Å². The number of halogens is 3. The molecule has 4 heterocycles. The van der Waals surface area contributed by atoms with Crippen molar-refractivity contribution in [1.29, 1.82) is 0 Å². The summed E-state index contributed by atoms with van der Waals surface area (Å²) in [5, 5.41) is 18.2. The summed E-state index contributed by atoms with van der Waals surface area (Å²) in [6.45, 7) is 6.69. The third kappa shape index (κ3) is 4.32. The van der Waals surface area contributed by atoms with Crippen LogP contribution in [0.4, 0.5) is 13.2 Å². The van der Waals surface area contributed by atoms with Gasteiger partial charge in [-0.15, -0.1) is 0 Å². The van der Waals surface area contributed by atoms with Crippen molar-refractivity contribution in [3.8, 4) is 11.3 Å². The van der Waals surface area contributed by atoms with Crippen molar-refractivity contribution in [3.05, 3.63) is 53.0 Å². The smallest absolute Gasteiger partial charge is 0.336 e. The van der Waals surface area contributed by atoms with Gasteiger partial charge >= 0.3 is 5.97 Å². The second kappa shape index (κ2) is 9.11. The summed E-state index contributed by atoms with van der Waals surface area (Å²) < 4.78 is 41.2. The summed E-state index contributed by atoms with van der Waals surface area (Å²) in [5.74, 6) is -1.03. The normalized spacial score (nSPS) is 17.5. The minimum absolute atomic E-state index is 0.173. The predicted octanol–water partition coefficient (Wildman–Crippen LogP) is 3.95. The van der Waals surface area contributed by atoms with Gasteiger partial charge in [0.05, 0.1) is 22.5 Å². The summed E-state index contributed by atoms with van der Waals surface area (Å²) >= 11 is 0. The third-order valence-corrected chi connectivity index (χ3v) is 6.41. The second-order valence-corrected chi connectivity index (χ2v) is 8.37. The molecule has 1 N–H and O–H groups in total. The first-order valence-corrected chi connectivity index (χ1v) is 10.8. The molecule has 0 aliphatic carbocycles. The minimum Gasteiger partial charge on any atom is -0.478 e. The molecule has 4 rings (SSSR count). The molecule has 176 valence electrons. The van der Waals surface area contributed by atoms with Crippen LogP contribution in [0.5, 0.6) is 0 Å². The number of aromatic carboxylic acids is 1. The van der Waals surface area contributed by atoms with Crippen molar-refractivity contribution in [2.45, 2.75) is 39.5 Å². The topological polar surface area (TPSA) is 74.0 Å². The van der Waals surface area contributed by atoms with E-state index in [1.54, 1.807) is 13.0 Å². The van der Waals surface area contributed by atoms with E-state index in [2.05, 4.69) is 15.1 Å². The number of alkyl halides is 3. The highest BCUT2D eigenvalue weighted by molar-refractivity contribution is 5.93. The fourth-order valence-electron chi connectivity index (χ4n) is 4.57. The Morgan fingerprint density at radius 3 is 2.27 bits per heavy atom. The molecular weight excluding hydrogens is 435 g/mol. The van der Waals surface area contributed by atoms with Gasteiger partial charge in [-0.3, -0.25) is 9.80 Å². The molecule has 2 atom stereocenters. The number of nitrogens with zero attached hydrogens (tertiary/aromatic N) is 5. The Morgan fingerprint density at radius 1 is 1.03 bits per heavy atom. The summed E-state index contributed by atoms with van der Waals surface area (Å²) in [4.78, 5) is 15.3. The molecule has 3 aromatic heterocycles. The number of fused-ring (bicyclic) bond motifs is 1. The first-order valence-electron chi connectivity index (χ1n) is 10.8. The van der Waals surface area contributed by atoms with Crippen LogP contribution >= 0.6 is 0 Å². The van der Waals surface area contributed by atoms with Gasteiger partial charge in [0.25, 0.3) is 6.43 Å². The van der Waals surface area contributed by atoms with Gasteiger partial charge < -0.3 is 9.51 Å². The Kier molecular flexibility index (Phi) is 6.40. The van der Waals surface area contributed by atoms with Crippen molar-refractivity contribution < 1.29 is 23.1 Å². The molecule has 1 fully saturated rings. The van der Waals surface area contributed by atoms with Crippen molar-refractivity contribution in [2.24, 2.45) is 0 Å². The maximum atomic E-state index is 13.7. The van der Waals surface area contributed by atoms with Gasteiger partial charge in [-0.25, -0.2) is 18.0 Å². The molecule has 2 unspecified atom stereocenters. The minimum atomic E-state index is -3.04. The lowest BCUT2D eigenvalue weighted by atomic mass is 10.00. The zero-order valence-corrected chi connectivity index (χ0v) is 18.7. The number of carboxylic acid groups (broad SMARTS) is 1. The number of hydrogen-bond acceptors (Lipinski definition) is 5. The number of pyridine rings is 1. The second-order valence-electron chi connectivity index (χ2n) is 8.37. The lowest BCUT2D eigenvalue weighted by Crippen LogP contribution is -2.51. The molecule has 1 saturated heterocycles. The summed E-state index contributed by atoms with van der Waals surface area (Å²) in [5.41, 5.74) is 4.47. The molecule has 0 amide bonds. The van der Waals surface area contributed by atoms with E-state index < -0.39 is 18.7 Å². The molecule has 1 aliphatic rings. The molecule has 1 aliphatic heterocycles. The largest absolute Gasteiger partial charge is 0.478 e. The molecule has 3 aromatic rings. The summed E-state index contributed by atoms with van der Waals surface area (Å²) in [6, 6.07) is 6.99. The quantitative estimate of drug-likeness (QED) is 0.561. The lowest BCUT2D eigenvalue weighted by molar-refractivity contribution is -0.0688. The molecule has 0 radical (unpaired) electrons. The number of carboxylic acids is 1. The van der Waals surface area contributed by atoms with Crippen LogP contribution in [-0.4, -0.2) is 74.4 Å². The van der Waals surface area contributed by atoms with E-state index in [1.807, 2.05) is 42.6 Å². The molecular formula is C23H26F3N5O2. The first-order chi connectivity index (χ1) is 15.7. The van der Waals surface area contributed by atoms with Crippen molar-refractivity contribution >= 4 is 11.5 Å². The molecule has 0 aromatic carbocycles. The zero-order chi connectivity index (χ0) is 23.9. The van der Waals surface area contributed by atoms with Crippen LogP contribution in [0.15, 0.2) is 30.5 Å². The van der Waals surface area contributed by atoms with E-state index in [1.165, 1.54) is 0 Å². The van der Waals surface area contributed by atoms with Gasteiger partial charge in [-0.1, -0.05) is 0 Å². The van der Waals surface area contributed by atoms with Crippen LogP contribution in [0, 0.1) is 13.8 Å². The van der Waals surface area contributed by atoms with Crippen LogP contribution in [-0.2, 0) is 0 Å². The third-order valence-electron chi connectivity index (χ3n) is 6.41. The Morgan fingerprint density at radius 2 is 1.70 bits per heavy atom. The maximum absolute atomic E-state index is 13.7. The molecule has 33 heavy (non-hydrogen) atoms. The van der Waals surface area contributed by atoms with Gasteiger partial charge in [0.15, 0.2) is 0 Å². The maximum Gasteiger partial charge on any atom is 0.336 e. The van der Waals surface area contributed by atoms with Gasteiger partial charge in [-0.2, -0.15) is 10.2 Å². The van der Waals surface area contributed by atoms with E-state index in [-0.39, 0.29) is 24.7 Å². The first kappa shape index (κ1) is 23.2. The average Bonchev–Trinajstić information content (AvgIpc) is 3.21. The van der Waals surface area contributed by atoms with Crippen molar-refractivity contribution in [1.82, 2.24) is 24.4 Å². The standard InChI is InChI=1S/C23H26F3N5O2/c1-13-4-5-18(28-27-13)16-6-7-31-19(16)12-17(23(32)33)14(2)20(31)15(3)29-8-10-30(11-9-29)22(26)21(24)25/h4-7,12,15,21-22H,8-11H2,1-3H3,(H,32,33). The van der Waals surface area contributed by atoms with E-state index in [0.29, 0.717) is 29.9 Å². The lowest BCUT2D eigenvalue weighted by Gasteiger charge is -2.39. The number of aryl methyl sites for hydroxylation is 1. The molecule has 0 bridgehead atoms. The van der Waals surface area contributed by atoms with Gasteiger partial charge in [-0.05, 0) is 50.6 Å². The fourth-order valence-corrected chi connectivity index (χ4v) is 4.57. The Hall–Kier alpha value is -2.98. The molecule has 10 heteroatoms. The number of carbonyl (C=O) groups is 1. The van der Waals surface area contributed by atoms with Crippen LogP contribution in [0.2, 0.25) is 0 Å². The van der Waals surface area contributed by atoms with Crippen LogP contribution in [0.25, 0.3) is 16.8 Å². The number of rotatable bonds is 6. The molecule has 0 saturated carbocycles. The van der Waals surface area contributed by atoms with Gasteiger partial charge in [0.1, 0.15) is 0 Å².